The van der Waals surface area contributed by atoms with Gasteiger partial charge >= 0.3 is 0 Å². The lowest BCUT2D eigenvalue weighted by atomic mass is 10.1. The van der Waals surface area contributed by atoms with Crippen molar-refractivity contribution in [2.75, 3.05) is 7.05 Å². The summed E-state index contributed by atoms with van der Waals surface area (Å²) in [5.74, 6) is -1.51. The summed E-state index contributed by atoms with van der Waals surface area (Å²) in [7, 11) is 1.37. The summed E-state index contributed by atoms with van der Waals surface area (Å²) in [5.41, 5.74) is 0.0762. The normalized spacial score (nSPS) is 19.2. The van der Waals surface area contributed by atoms with Crippen molar-refractivity contribution in [1.29, 1.82) is 0 Å². The second-order valence-corrected chi connectivity index (χ2v) is 4.04. The molecule has 1 aromatic carbocycles. The third kappa shape index (κ3) is 2.04. The van der Waals surface area contributed by atoms with E-state index >= 15 is 0 Å². The van der Waals surface area contributed by atoms with E-state index in [1.807, 2.05) is 0 Å². The lowest BCUT2D eigenvalue weighted by molar-refractivity contribution is -0.137. The maximum absolute atomic E-state index is 11.8. The van der Waals surface area contributed by atoms with E-state index in [1.54, 1.807) is 12.1 Å². The number of phenolic OH excluding ortho intramolecular Hbond substituents is 1. The van der Waals surface area contributed by atoms with Crippen LogP contribution >= 0.6 is 0 Å². The third-order valence-corrected chi connectivity index (χ3v) is 2.84. The van der Waals surface area contributed by atoms with Gasteiger partial charge in [-0.25, -0.2) is 0 Å². The summed E-state index contributed by atoms with van der Waals surface area (Å²) in [6, 6.07) is 5.15. The number of phenols is 1. The molecule has 0 aliphatic carbocycles. The van der Waals surface area contributed by atoms with Crippen LogP contribution in [0, 0.1) is 0 Å². The molecule has 1 aliphatic heterocycles. The standard InChI is InChI=1S/C12H12N2O4/c1-14-10(16)6-8(12(14)18)13-11(17)7-4-2-3-5-9(7)15/h2-5,8,15H,6H2,1H3,(H,13,17). The minimum atomic E-state index is -0.852. The molecule has 6 heteroatoms. The second kappa shape index (κ2) is 4.48. The highest BCUT2D eigenvalue weighted by atomic mass is 16.3. The molecule has 1 saturated heterocycles. The maximum atomic E-state index is 11.8. The van der Waals surface area contributed by atoms with Crippen LogP contribution in [0.5, 0.6) is 5.75 Å². The molecular formula is C12H12N2O4. The zero-order chi connectivity index (χ0) is 13.3. The Hall–Kier alpha value is -2.37. The quantitative estimate of drug-likeness (QED) is 0.714. The van der Waals surface area contributed by atoms with Crippen molar-refractivity contribution < 1.29 is 19.5 Å². The summed E-state index contributed by atoms with van der Waals surface area (Å²) >= 11 is 0. The largest absolute Gasteiger partial charge is 0.507 e. The van der Waals surface area contributed by atoms with E-state index in [1.165, 1.54) is 19.2 Å². The number of para-hydroxylation sites is 1. The van der Waals surface area contributed by atoms with Gasteiger partial charge in [0, 0.05) is 7.05 Å². The average Bonchev–Trinajstić information content (AvgIpc) is 2.57. The van der Waals surface area contributed by atoms with Gasteiger partial charge in [0.05, 0.1) is 12.0 Å². The molecule has 1 atom stereocenters. The lowest BCUT2D eigenvalue weighted by Crippen LogP contribution is -2.40. The zero-order valence-electron chi connectivity index (χ0n) is 9.71. The van der Waals surface area contributed by atoms with Gasteiger partial charge in [-0.05, 0) is 12.1 Å². The summed E-state index contributed by atoms with van der Waals surface area (Å²) in [6.07, 6.45) is -0.0470. The number of imide groups is 1. The number of hydrogen-bond acceptors (Lipinski definition) is 4. The molecule has 2 rings (SSSR count). The summed E-state index contributed by atoms with van der Waals surface area (Å²) < 4.78 is 0. The third-order valence-electron chi connectivity index (χ3n) is 2.84. The number of likely N-dealkylation sites (tertiary alicyclic amines) is 1. The second-order valence-electron chi connectivity index (χ2n) is 4.04. The van der Waals surface area contributed by atoms with Gasteiger partial charge in [-0.2, -0.15) is 0 Å². The number of likely N-dealkylation sites (N-methyl/N-ethyl adjacent to an activating group) is 1. The molecule has 1 aromatic rings. The van der Waals surface area contributed by atoms with Crippen LogP contribution in [0.1, 0.15) is 16.8 Å². The molecule has 0 spiro atoms. The topological polar surface area (TPSA) is 86.7 Å². The van der Waals surface area contributed by atoms with Gasteiger partial charge in [-0.1, -0.05) is 12.1 Å². The number of aromatic hydroxyl groups is 1. The fraction of sp³-hybridized carbons (Fsp3) is 0.250. The first-order valence-electron chi connectivity index (χ1n) is 5.40. The number of nitrogens with zero attached hydrogens (tertiary/aromatic N) is 1. The highest BCUT2D eigenvalue weighted by molar-refractivity contribution is 6.08. The minimum absolute atomic E-state index is 0.0470. The SMILES string of the molecule is CN1C(=O)CC(NC(=O)c2ccccc2O)C1=O. The predicted octanol–water partition coefficient (Wildman–Crippen LogP) is -0.121. The Balaban J connectivity index is 2.12. The van der Waals surface area contributed by atoms with E-state index in [9.17, 15) is 19.5 Å². The van der Waals surface area contributed by atoms with Gasteiger partial charge in [0.15, 0.2) is 0 Å². The molecule has 3 amide bonds. The molecule has 1 aliphatic rings. The van der Waals surface area contributed by atoms with Crippen molar-refractivity contribution >= 4 is 17.7 Å². The Morgan fingerprint density at radius 2 is 2.06 bits per heavy atom. The van der Waals surface area contributed by atoms with Crippen LogP contribution in [-0.2, 0) is 9.59 Å². The number of rotatable bonds is 2. The van der Waals surface area contributed by atoms with E-state index in [2.05, 4.69) is 5.32 Å². The van der Waals surface area contributed by atoms with E-state index in [0.29, 0.717) is 0 Å². The van der Waals surface area contributed by atoms with Crippen molar-refractivity contribution in [2.24, 2.45) is 0 Å². The van der Waals surface area contributed by atoms with Crippen molar-refractivity contribution in [3.8, 4) is 5.75 Å². The Morgan fingerprint density at radius 3 is 2.61 bits per heavy atom. The van der Waals surface area contributed by atoms with Crippen LogP contribution in [0.4, 0.5) is 0 Å². The smallest absolute Gasteiger partial charge is 0.255 e. The number of benzene rings is 1. The molecule has 0 radical (unpaired) electrons. The monoisotopic (exact) mass is 248 g/mol. The lowest BCUT2D eigenvalue weighted by Gasteiger charge is -2.11. The van der Waals surface area contributed by atoms with Gasteiger partial charge in [-0.3, -0.25) is 19.3 Å². The fourth-order valence-corrected chi connectivity index (χ4v) is 1.77. The molecule has 1 unspecified atom stereocenters. The summed E-state index contributed by atoms with van der Waals surface area (Å²) in [6.45, 7) is 0. The minimum Gasteiger partial charge on any atom is -0.507 e. The molecule has 0 saturated carbocycles. The van der Waals surface area contributed by atoms with Crippen LogP contribution < -0.4 is 5.32 Å². The van der Waals surface area contributed by atoms with Gasteiger partial charge in [0.1, 0.15) is 11.8 Å². The first-order chi connectivity index (χ1) is 8.50. The van der Waals surface area contributed by atoms with Gasteiger partial charge in [-0.15, -0.1) is 0 Å². The molecule has 0 aromatic heterocycles. The number of carbonyl (C=O) groups is 3. The van der Waals surface area contributed by atoms with E-state index in [4.69, 9.17) is 0 Å². The van der Waals surface area contributed by atoms with Gasteiger partial charge in [0.25, 0.3) is 11.8 Å². The van der Waals surface area contributed by atoms with Gasteiger partial charge < -0.3 is 10.4 Å². The molecule has 0 bridgehead atoms. The summed E-state index contributed by atoms with van der Waals surface area (Å²) in [5, 5.41) is 11.9. The first-order valence-corrected chi connectivity index (χ1v) is 5.40. The number of amides is 3. The highest BCUT2D eigenvalue weighted by Crippen LogP contribution is 2.17. The Bertz CT molecular complexity index is 527. The first kappa shape index (κ1) is 12.1. The molecular weight excluding hydrogens is 236 g/mol. The van der Waals surface area contributed by atoms with E-state index in [-0.39, 0.29) is 23.6 Å². The molecule has 1 heterocycles. The van der Waals surface area contributed by atoms with Crippen LogP contribution in [0.25, 0.3) is 0 Å². The fourth-order valence-electron chi connectivity index (χ4n) is 1.77. The Kier molecular flexibility index (Phi) is 3.01. The van der Waals surface area contributed by atoms with Crippen LogP contribution in [0.3, 0.4) is 0 Å². The predicted molar refractivity (Wildman–Crippen MR) is 61.8 cm³/mol. The molecule has 94 valence electrons. The van der Waals surface area contributed by atoms with Crippen molar-refractivity contribution in [3.05, 3.63) is 29.8 Å². The van der Waals surface area contributed by atoms with Crippen LogP contribution in [0.2, 0.25) is 0 Å². The van der Waals surface area contributed by atoms with E-state index in [0.717, 1.165) is 4.90 Å². The number of hydrogen-bond donors (Lipinski definition) is 2. The molecule has 2 N–H and O–H groups in total. The summed E-state index contributed by atoms with van der Waals surface area (Å²) in [4.78, 5) is 35.7. The maximum Gasteiger partial charge on any atom is 0.255 e. The molecule has 1 fully saturated rings. The Labute approximate surface area is 103 Å². The highest BCUT2D eigenvalue weighted by Gasteiger charge is 2.37. The zero-order valence-corrected chi connectivity index (χ0v) is 9.71. The number of carbonyl (C=O) groups excluding carboxylic acids is 3. The average molecular weight is 248 g/mol. The van der Waals surface area contributed by atoms with Crippen LogP contribution in [-0.4, -0.2) is 40.8 Å². The van der Waals surface area contributed by atoms with Gasteiger partial charge in [0.2, 0.25) is 5.91 Å². The van der Waals surface area contributed by atoms with Crippen molar-refractivity contribution in [1.82, 2.24) is 10.2 Å². The van der Waals surface area contributed by atoms with Crippen molar-refractivity contribution in [2.45, 2.75) is 12.5 Å². The van der Waals surface area contributed by atoms with Crippen LogP contribution in [0.15, 0.2) is 24.3 Å². The van der Waals surface area contributed by atoms with Crippen molar-refractivity contribution in [3.63, 3.8) is 0 Å². The van der Waals surface area contributed by atoms with E-state index < -0.39 is 17.9 Å². The number of nitrogens with one attached hydrogen (secondary N) is 1. The molecule has 18 heavy (non-hydrogen) atoms. The Morgan fingerprint density at radius 1 is 1.39 bits per heavy atom. The molecule has 6 nitrogen and oxygen atoms in total.